The molecule has 2 N–H and O–H groups in total. The fourth-order valence-corrected chi connectivity index (χ4v) is 2.20. The van der Waals surface area contributed by atoms with Gasteiger partial charge in [0.1, 0.15) is 0 Å². The predicted octanol–water partition coefficient (Wildman–Crippen LogP) is 1.60. The maximum absolute atomic E-state index is 5.62. The molecule has 0 aromatic carbocycles. The molecule has 0 spiro atoms. The van der Waals surface area contributed by atoms with Gasteiger partial charge in [0, 0.05) is 19.0 Å². The van der Waals surface area contributed by atoms with Crippen molar-refractivity contribution < 1.29 is 0 Å². The van der Waals surface area contributed by atoms with Crippen LogP contribution in [-0.4, -0.2) is 30.6 Å². The Hall–Kier alpha value is -0.520. The van der Waals surface area contributed by atoms with Gasteiger partial charge in [-0.3, -0.25) is 4.90 Å². The number of rotatable bonds is 4. The maximum atomic E-state index is 5.62. The lowest BCUT2D eigenvalue weighted by Gasteiger charge is -2.35. The van der Waals surface area contributed by atoms with E-state index in [1.165, 1.54) is 25.8 Å². The molecule has 0 bridgehead atoms. The quantitative estimate of drug-likeness (QED) is 0.689. The molecular formula is C12H22N2. The second-order valence-electron chi connectivity index (χ2n) is 3.94. The molecule has 1 rings (SSSR count). The van der Waals surface area contributed by atoms with Gasteiger partial charge < -0.3 is 5.73 Å². The molecule has 14 heavy (non-hydrogen) atoms. The van der Waals surface area contributed by atoms with Crippen LogP contribution in [0.4, 0.5) is 0 Å². The minimum atomic E-state index is 0.729. The highest BCUT2D eigenvalue weighted by Gasteiger charge is 2.20. The summed E-state index contributed by atoms with van der Waals surface area (Å²) in [6.07, 6.45) is 6.22. The van der Waals surface area contributed by atoms with Gasteiger partial charge in [0.25, 0.3) is 0 Å². The van der Waals surface area contributed by atoms with Crippen molar-refractivity contribution in [1.29, 1.82) is 0 Å². The minimum absolute atomic E-state index is 0.729. The van der Waals surface area contributed by atoms with Crippen molar-refractivity contribution in [1.82, 2.24) is 4.90 Å². The molecule has 1 unspecified atom stereocenters. The molecule has 1 fully saturated rings. The van der Waals surface area contributed by atoms with Crippen molar-refractivity contribution in [2.45, 2.75) is 45.1 Å². The van der Waals surface area contributed by atoms with Crippen LogP contribution in [0.2, 0.25) is 0 Å². The lowest BCUT2D eigenvalue weighted by Crippen LogP contribution is -2.41. The van der Waals surface area contributed by atoms with Gasteiger partial charge in [0.2, 0.25) is 0 Å². The Labute approximate surface area is 87.8 Å². The van der Waals surface area contributed by atoms with Gasteiger partial charge in [-0.15, -0.1) is 11.8 Å². The molecule has 0 aromatic heterocycles. The third-order valence-corrected chi connectivity index (χ3v) is 2.95. The Balaban J connectivity index is 2.32. The molecule has 1 saturated heterocycles. The van der Waals surface area contributed by atoms with Gasteiger partial charge >= 0.3 is 0 Å². The maximum Gasteiger partial charge on any atom is 0.0217 e. The van der Waals surface area contributed by atoms with E-state index in [1.54, 1.807) is 0 Å². The summed E-state index contributed by atoms with van der Waals surface area (Å²) in [6.45, 7) is 5.11. The molecule has 1 aliphatic rings. The molecule has 0 saturated carbocycles. The van der Waals surface area contributed by atoms with Gasteiger partial charge in [0.05, 0.1) is 0 Å². The van der Waals surface area contributed by atoms with Gasteiger partial charge in [-0.1, -0.05) is 6.42 Å². The molecule has 1 heterocycles. The second kappa shape index (κ2) is 6.86. The van der Waals surface area contributed by atoms with E-state index in [9.17, 15) is 0 Å². The van der Waals surface area contributed by atoms with Gasteiger partial charge in [-0.05, 0) is 39.3 Å². The molecule has 2 nitrogen and oxygen atoms in total. The first-order valence-corrected chi connectivity index (χ1v) is 5.72. The number of hydrogen-bond donors (Lipinski definition) is 1. The van der Waals surface area contributed by atoms with Gasteiger partial charge in [0.15, 0.2) is 0 Å². The third kappa shape index (κ3) is 3.69. The normalized spacial score (nSPS) is 22.9. The van der Waals surface area contributed by atoms with Crippen LogP contribution in [0, 0.1) is 11.8 Å². The Morgan fingerprint density at radius 3 is 3.00 bits per heavy atom. The number of hydrogen-bond acceptors (Lipinski definition) is 2. The molecule has 0 radical (unpaired) electrons. The Morgan fingerprint density at radius 1 is 1.43 bits per heavy atom. The fraction of sp³-hybridized carbons (Fsp3) is 0.833. The summed E-state index contributed by atoms with van der Waals surface area (Å²) >= 11 is 0. The molecule has 0 aromatic rings. The first kappa shape index (κ1) is 11.6. The average Bonchev–Trinajstić information content (AvgIpc) is 2.21. The first-order valence-electron chi connectivity index (χ1n) is 5.72. The zero-order chi connectivity index (χ0) is 10.2. The Bertz CT molecular complexity index is 200. The van der Waals surface area contributed by atoms with Crippen molar-refractivity contribution in [2.75, 3.05) is 19.6 Å². The van der Waals surface area contributed by atoms with E-state index in [4.69, 9.17) is 5.73 Å². The van der Waals surface area contributed by atoms with Crippen molar-refractivity contribution >= 4 is 0 Å². The summed E-state index contributed by atoms with van der Waals surface area (Å²) < 4.78 is 0. The van der Waals surface area contributed by atoms with Crippen LogP contribution in [0.1, 0.15) is 39.0 Å². The molecule has 80 valence electrons. The van der Waals surface area contributed by atoms with Crippen molar-refractivity contribution in [3.8, 4) is 11.8 Å². The van der Waals surface area contributed by atoms with Crippen molar-refractivity contribution in [3.05, 3.63) is 0 Å². The highest BCUT2D eigenvalue weighted by atomic mass is 15.2. The zero-order valence-corrected chi connectivity index (χ0v) is 9.26. The second-order valence-corrected chi connectivity index (χ2v) is 3.94. The smallest absolute Gasteiger partial charge is 0.0217 e. The van der Waals surface area contributed by atoms with E-state index >= 15 is 0 Å². The van der Waals surface area contributed by atoms with Gasteiger partial charge in [-0.25, -0.2) is 0 Å². The molecule has 0 aliphatic carbocycles. The van der Waals surface area contributed by atoms with Crippen LogP contribution < -0.4 is 5.73 Å². The van der Waals surface area contributed by atoms with Crippen LogP contribution in [-0.2, 0) is 0 Å². The van der Waals surface area contributed by atoms with Crippen LogP contribution in [0.5, 0.6) is 0 Å². The Morgan fingerprint density at radius 2 is 2.29 bits per heavy atom. The number of nitrogens with zero attached hydrogens (tertiary/aromatic N) is 1. The lowest BCUT2D eigenvalue weighted by molar-refractivity contribution is 0.145. The van der Waals surface area contributed by atoms with Gasteiger partial charge in [-0.2, -0.15) is 0 Å². The lowest BCUT2D eigenvalue weighted by atomic mass is 9.99. The third-order valence-electron chi connectivity index (χ3n) is 2.95. The zero-order valence-electron chi connectivity index (χ0n) is 9.26. The topological polar surface area (TPSA) is 29.3 Å². The summed E-state index contributed by atoms with van der Waals surface area (Å²) in [5, 5.41) is 0. The molecule has 0 amide bonds. The fourth-order valence-electron chi connectivity index (χ4n) is 2.20. The van der Waals surface area contributed by atoms with E-state index in [-0.39, 0.29) is 0 Å². The SMILES string of the molecule is CC#CCCN1CCCCC1CCN. The van der Waals surface area contributed by atoms with Crippen LogP contribution >= 0.6 is 0 Å². The molecule has 1 atom stereocenters. The highest BCUT2D eigenvalue weighted by molar-refractivity contribution is 4.96. The average molecular weight is 194 g/mol. The number of piperidine rings is 1. The van der Waals surface area contributed by atoms with E-state index in [1.807, 2.05) is 6.92 Å². The Kier molecular flexibility index (Phi) is 5.66. The molecule has 2 heteroatoms. The summed E-state index contributed by atoms with van der Waals surface area (Å²) in [7, 11) is 0. The number of likely N-dealkylation sites (tertiary alicyclic amines) is 1. The van der Waals surface area contributed by atoms with Crippen LogP contribution in [0.15, 0.2) is 0 Å². The van der Waals surface area contributed by atoms with E-state index in [0.717, 1.165) is 32.0 Å². The monoisotopic (exact) mass is 194 g/mol. The summed E-state index contributed by atoms with van der Waals surface area (Å²) in [6, 6.07) is 0.729. The minimum Gasteiger partial charge on any atom is -0.330 e. The van der Waals surface area contributed by atoms with Crippen LogP contribution in [0.3, 0.4) is 0 Å². The van der Waals surface area contributed by atoms with Crippen LogP contribution in [0.25, 0.3) is 0 Å². The summed E-state index contributed by atoms with van der Waals surface area (Å²) in [5.41, 5.74) is 5.62. The standard InChI is InChI=1S/C12H22N2/c1-2-3-5-10-14-11-6-4-7-12(14)8-9-13/h12H,4-11,13H2,1H3. The van der Waals surface area contributed by atoms with Crippen molar-refractivity contribution in [3.63, 3.8) is 0 Å². The van der Waals surface area contributed by atoms with Crippen molar-refractivity contribution in [2.24, 2.45) is 5.73 Å². The molecule has 1 aliphatic heterocycles. The highest BCUT2D eigenvalue weighted by Crippen LogP contribution is 2.18. The molecular weight excluding hydrogens is 172 g/mol. The summed E-state index contributed by atoms with van der Waals surface area (Å²) in [4.78, 5) is 2.57. The van der Waals surface area contributed by atoms with E-state index < -0.39 is 0 Å². The predicted molar refractivity (Wildman–Crippen MR) is 61.0 cm³/mol. The van der Waals surface area contributed by atoms with E-state index in [0.29, 0.717) is 0 Å². The largest absolute Gasteiger partial charge is 0.330 e. The first-order chi connectivity index (χ1) is 6.88. The summed E-state index contributed by atoms with van der Waals surface area (Å²) in [5.74, 6) is 6.09. The number of nitrogens with two attached hydrogens (primary N) is 1. The van der Waals surface area contributed by atoms with E-state index in [2.05, 4.69) is 16.7 Å².